The first-order chi connectivity index (χ1) is 9.54. The lowest BCUT2D eigenvalue weighted by Crippen LogP contribution is -2.22. The minimum absolute atomic E-state index is 0.0217. The van der Waals surface area contributed by atoms with E-state index in [0.717, 1.165) is 16.8 Å². The van der Waals surface area contributed by atoms with Crippen molar-refractivity contribution >= 4 is 17.3 Å². The summed E-state index contributed by atoms with van der Waals surface area (Å²) in [5.74, 6) is -0.579. The minimum atomic E-state index is -0.369. The Kier molecular flexibility index (Phi) is 4.35. The van der Waals surface area contributed by atoms with Crippen molar-refractivity contribution < 1.29 is 9.18 Å². The van der Waals surface area contributed by atoms with Gasteiger partial charge in [0.25, 0.3) is 0 Å². The predicted molar refractivity (Wildman–Crippen MR) is 79.4 cm³/mol. The summed E-state index contributed by atoms with van der Waals surface area (Å²) in [7, 11) is 0. The molecular formula is C16H17FN2O. The van der Waals surface area contributed by atoms with Crippen LogP contribution < -0.4 is 10.6 Å². The van der Waals surface area contributed by atoms with E-state index in [9.17, 15) is 9.18 Å². The van der Waals surface area contributed by atoms with E-state index in [-0.39, 0.29) is 18.3 Å². The maximum atomic E-state index is 13.4. The second kappa shape index (κ2) is 6.19. The number of anilines is 2. The molecule has 2 aromatic rings. The summed E-state index contributed by atoms with van der Waals surface area (Å²) in [5.41, 5.74) is 3.25. The van der Waals surface area contributed by atoms with Crippen LogP contribution in [0.15, 0.2) is 42.5 Å². The first-order valence-electron chi connectivity index (χ1n) is 6.41. The van der Waals surface area contributed by atoms with Crippen LogP contribution in [0.4, 0.5) is 15.8 Å². The predicted octanol–water partition coefficient (Wildman–Crippen LogP) is 3.49. The number of amides is 1. The topological polar surface area (TPSA) is 41.1 Å². The molecule has 0 aliphatic carbocycles. The van der Waals surface area contributed by atoms with Crippen molar-refractivity contribution in [2.75, 3.05) is 17.2 Å². The van der Waals surface area contributed by atoms with Crippen LogP contribution in [-0.4, -0.2) is 12.5 Å². The second-order valence-electron chi connectivity index (χ2n) is 4.76. The fourth-order valence-electron chi connectivity index (χ4n) is 2.03. The van der Waals surface area contributed by atoms with Crippen molar-refractivity contribution in [3.8, 4) is 0 Å². The first kappa shape index (κ1) is 14.1. The van der Waals surface area contributed by atoms with E-state index in [2.05, 4.69) is 10.6 Å². The van der Waals surface area contributed by atoms with Gasteiger partial charge in [-0.25, -0.2) is 4.39 Å². The molecule has 0 saturated heterocycles. The molecule has 0 aliphatic heterocycles. The van der Waals surface area contributed by atoms with Crippen LogP contribution in [0.5, 0.6) is 0 Å². The Morgan fingerprint density at radius 3 is 2.40 bits per heavy atom. The first-order valence-corrected chi connectivity index (χ1v) is 6.41. The van der Waals surface area contributed by atoms with Gasteiger partial charge in [0.15, 0.2) is 0 Å². The molecule has 0 fully saturated rings. The number of benzene rings is 2. The Morgan fingerprint density at radius 2 is 1.75 bits per heavy atom. The summed E-state index contributed by atoms with van der Waals surface area (Å²) in [6.45, 7) is 3.97. The zero-order valence-electron chi connectivity index (χ0n) is 11.5. The average Bonchev–Trinajstić information content (AvgIpc) is 2.36. The summed E-state index contributed by atoms with van der Waals surface area (Å²) in [6.07, 6.45) is 0. The molecule has 104 valence electrons. The van der Waals surface area contributed by atoms with Gasteiger partial charge < -0.3 is 10.6 Å². The van der Waals surface area contributed by atoms with Gasteiger partial charge in [0.1, 0.15) is 5.82 Å². The highest BCUT2D eigenvalue weighted by Gasteiger charge is 2.05. The van der Waals surface area contributed by atoms with Gasteiger partial charge in [-0.1, -0.05) is 18.2 Å². The maximum absolute atomic E-state index is 13.4. The van der Waals surface area contributed by atoms with Crippen LogP contribution in [0.25, 0.3) is 0 Å². The van der Waals surface area contributed by atoms with Crippen LogP contribution in [0.1, 0.15) is 11.1 Å². The fourth-order valence-corrected chi connectivity index (χ4v) is 2.03. The molecule has 0 atom stereocenters. The number of hydrogen-bond donors (Lipinski definition) is 2. The third kappa shape index (κ3) is 3.82. The molecule has 2 rings (SSSR count). The average molecular weight is 272 g/mol. The molecule has 0 spiro atoms. The standard InChI is InChI=1S/C16H17FN2O/c1-11-7-12(2)9-13(8-11)19-16(20)10-18-15-6-4-3-5-14(15)17/h3-9,18H,10H2,1-2H3,(H,19,20). The number of rotatable bonds is 4. The van der Waals surface area contributed by atoms with E-state index in [4.69, 9.17) is 0 Å². The van der Waals surface area contributed by atoms with Crippen molar-refractivity contribution in [2.24, 2.45) is 0 Å². The number of halogens is 1. The van der Waals surface area contributed by atoms with Crippen molar-refractivity contribution in [2.45, 2.75) is 13.8 Å². The van der Waals surface area contributed by atoms with Gasteiger partial charge in [-0.15, -0.1) is 0 Å². The number of carbonyl (C=O) groups is 1. The van der Waals surface area contributed by atoms with Crippen molar-refractivity contribution in [1.29, 1.82) is 0 Å². The summed E-state index contributed by atoms with van der Waals surface area (Å²) in [6, 6.07) is 12.1. The largest absolute Gasteiger partial charge is 0.374 e. The third-order valence-electron chi connectivity index (χ3n) is 2.82. The van der Waals surface area contributed by atoms with Crippen LogP contribution in [0.2, 0.25) is 0 Å². The SMILES string of the molecule is Cc1cc(C)cc(NC(=O)CNc2ccccc2F)c1. The monoisotopic (exact) mass is 272 g/mol. The van der Waals surface area contributed by atoms with Crippen LogP contribution >= 0.6 is 0 Å². The van der Waals surface area contributed by atoms with E-state index < -0.39 is 0 Å². The van der Waals surface area contributed by atoms with Crippen molar-refractivity contribution in [3.63, 3.8) is 0 Å². The normalized spacial score (nSPS) is 10.2. The van der Waals surface area contributed by atoms with Gasteiger partial charge in [0, 0.05) is 5.69 Å². The molecule has 0 heterocycles. The Morgan fingerprint density at radius 1 is 1.10 bits per heavy atom. The number of para-hydroxylation sites is 1. The van der Waals surface area contributed by atoms with Gasteiger partial charge >= 0.3 is 0 Å². The third-order valence-corrected chi connectivity index (χ3v) is 2.82. The van der Waals surface area contributed by atoms with E-state index in [0.29, 0.717) is 5.69 Å². The Bertz CT molecular complexity index is 605. The lowest BCUT2D eigenvalue weighted by molar-refractivity contribution is -0.114. The smallest absolute Gasteiger partial charge is 0.243 e. The molecule has 0 aliphatic rings. The Labute approximate surface area is 117 Å². The summed E-state index contributed by atoms with van der Waals surface area (Å²) >= 11 is 0. The highest BCUT2D eigenvalue weighted by atomic mass is 19.1. The molecular weight excluding hydrogens is 255 g/mol. The Hall–Kier alpha value is -2.36. The number of nitrogens with one attached hydrogen (secondary N) is 2. The molecule has 2 N–H and O–H groups in total. The molecule has 1 amide bonds. The number of hydrogen-bond acceptors (Lipinski definition) is 2. The molecule has 0 bridgehead atoms. The van der Waals surface area contributed by atoms with Gasteiger partial charge in [-0.2, -0.15) is 0 Å². The summed E-state index contributed by atoms with van der Waals surface area (Å²) in [5, 5.41) is 5.56. The zero-order valence-corrected chi connectivity index (χ0v) is 11.5. The lowest BCUT2D eigenvalue weighted by atomic mass is 10.1. The van der Waals surface area contributed by atoms with E-state index in [1.54, 1.807) is 18.2 Å². The molecule has 0 unspecified atom stereocenters. The summed E-state index contributed by atoms with van der Waals surface area (Å²) < 4.78 is 13.4. The fraction of sp³-hybridized carbons (Fsp3) is 0.188. The van der Waals surface area contributed by atoms with E-state index >= 15 is 0 Å². The molecule has 0 radical (unpaired) electrons. The molecule has 20 heavy (non-hydrogen) atoms. The maximum Gasteiger partial charge on any atom is 0.243 e. The van der Waals surface area contributed by atoms with E-state index in [1.807, 2.05) is 32.0 Å². The van der Waals surface area contributed by atoms with E-state index in [1.165, 1.54) is 6.07 Å². The highest BCUT2D eigenvalue weighted by Crippen LogP contribution is 2.14. The lowest BCUT2D eigenvalue weighted by Gasteiger charge is -2.09. The quantitative estimate of drug-likeness (QED) is 0.894. The van der Waals surface area contributed by atoms with Crippen molar-refractivity contribution in [1.82, 2.24) is 0 Å². The van der Waals surface area contributed by atoms with Crippen LogP contribution in [-0.2, 0) is 4.79 Å². The molecule has 2 aromatic carbocycles. The van der Waals surface area contributed by atoms with Crippen molar-refractivity contribution in [3.05, 3.63) is 59.4 Å². The highest BCUT2D eigenvalue weighted by molar-refractivity contribution is 5.93. The Balaban J connectivity index is 1.94. The van der Waals surface area contributed by atoms with Gasteiger partial charge in [0.2, 0.25) is 5.91 Å². The number of carbonyl (C=O) groups excluding carboxylic acids is 1. The summed E-state index contributed by atoms with van der Waals surface area (Å²) in [4.78, 5) is 11.8. The minimum Gasteiger partial charge on any atom is -0.374 e. The van der Waals surface area contributed by atoms with Gasteiger partial charge in [-0.05, 0) is 49.2 Å². The zero-order chi connectivity index (χ0) is 14.5. The second-order valence-corrected chi connectivity index (χ2v) is 4.76. The number of aryl methyl sites for hydroxylation is 2. The van der Waals surface area contributed by atoms with Gasteiger partial charge in [-0.3, -0.25) is 4.79 Å². The molecule has 0 saturated carbocycles. The molecule has 3 nitrogen and oxygen atoms in total. The van der Waals surface area contributed by atoms with Crippen LogP contribution in [0.3, 0.4) is 0 Å². The van der Waals surface area contributed by atoms with Crippen LogP contribution in [0, 0.1) is 19.7 Å². The molecule has 0 aromatic heterocycles. The molecule has 4 heteroatoms. The van der Waals surface area contributed by atoms with Gasteiger partial charge in [0.05, 0.1) is 12.2 Å².